The van der Waals surface area contributed by atoms with Crippen molar-refractivity contribution in [2.75, 3.05) is 7.11 Å². The molecule has 1 nitrogen and oxygen atoms in total. The van der Waals surface area contributed by atoms with Crippen molar-refractivity contribution in [1.82, 2.24) is 0 Å². The van der Waals surface area contributed by atoms with Crippen molar-refractivity contribution < 1.29 is 4.74 Å². The molecule has 15 heavy (non-hydrogen) atoms. The van der Waals surface area contributed by atoms with Gasteiger partial charge in [0.1, 0.15) is 5.75 Å². The third kappa shape index (κ3) is 4.20. The van der Waals surface area contributed by atoms with E-state index < -0.39 is 0 Å². The number of ether oxygens (including phenoxy) is 1. The summed E-state index contributed by atoms with van der Waals surface area (Å²) in [6.45, 7) is 10.3. The lowest BCUT2D eigenvalue weighted by atomic mass is 10.1. The van der Waals surface area contributed by atoms with E-state index in [4.69, 9.17) is 4.74 Å². The van der Waals surface area contributed by atoms with Crippen LogP contribution in [0.4, 0.5) is 0 Å². The number of rotatable bonds is 2. The zero-order chi connectivity index (χ0) is 11.8. The molecule has 0 saturated carbocycles. The van der Waals surface area contributed by atoms with Crippen LogP contribution in [0.5, 0.6) is 5.75 Å². The Morgan fingerprint density at radius 2 is 1.80 bits per heavy atom. The molecule has 1 aromatic rings. The van der Waals surface area contributed by atoms with Crippen molar-refractivity contribution in [2.24, 2.45) is 0 Å². The Hall–Kier alpha value is -1.24. The molecule has 0 aliphatic heterocycles. The summed E-state index contributed by atoms with van der Waals surface area (Å²) in [5.41, 5.74) is 3.72. The van der Waals surface area contributed by atoms with E-state index >= 15 is 0 Å². The maximum atomic E-state index is 5.28. The average molecular weight is 206 g/mol. The Balaban J connectivity index is 0.000000921. The van der Waals surface area contributed by atoms with Gasteiger partial charge in [-0.05, 0) is 32.4 Å². The highest BCUT2D eigenvalue weighted by atomic mass is 16.5. The Kier molecular flexibility index (Phi) is 6.52. The highest BCUT2D eigenvalue weighted by molar-refractivity contribution is 5.62. The smallest absolute Gasteiger partial charge is 0.126 e. The van der Waals surface area contributed by atoms with Crippen LogP contribution in [0.25, 0.3) is 6.08 Å². The van der Waals surface area contributed by atoms with Crippen molar-refractivity contribution in [3.63, 3.8) is 0 Å². The number of benzene rings is 1. The zero-order valence-corrected chi connectivity index (χ0v) is 10.7. The summed E-state index contributed by atoms with van der Waals surface area (Å²) in [7, 11) is 1.71. The zero-order valence-electron chi connectivity index (χ0n) is 10.7. The van der Waals surface area contributed by atoms with Gasteiger partial charge in [-0.3, -0.25) is 0 Å². The maximum Gasteiger partial charge on any atom is 0.126 e. The van der Waals surface area contributed by atoms with E-state index in [1.54, 1.807) is 7.11 Å². The minimum absolute atomic E-state index is 0.946. The van der Waals surface area contributed by atoms with E-state index in [1.165, 1.54) is 16.7 Å². The summed E-state index contributed by atoms with van der Waals surface area (Å²) >= 11 is 0. The molecule has 0 aliphatic rings. The van der Waals surface area contributed by atoms with Gasteiger partial charge < -0.3 is 4.74 Å². The van der Waals surface area contributed by atoms with Crippen LogP contribution in [0.1, 0.15) is 38.8 Å². The van der Waals surface area contributed by atoms with Gasteiger partial charge in [0.05, 0.1) is 7.11 Å². The summed E-state index contributed by atoms with van der Waals surface area (Å²) in [5.74, 6) is 0.946. The first-order valence-electron chi connectivity index (χ1n) is 5.43. The van der Waals surface area contributed by atoms with E-state index in [9.17, 15) is 0 Å². The second kappa shape index (κ2) is 7.10. The van der Waals surface area contributed by atoms with Gasteiger partial charge in [-0.15, -0.1) is 0 Å². The fraction of sp³-hybridized carbons (Fsp3) is 0.429. The number of allylic oxidation sites excluding steroid dienone is 1. The molecule has 0 spiro atoms. The molecule has 0 radical (unpaired) electrons. The van der Waals surface area contributed by atoms with Gasteiger partial charge in [0.2, 0.25) is 0 Å². The minimum Gasteiger partial charge on any atom is -0.496 e. The molecule has 0 saturated heterocycles. The molecule has 0 unspecified atom stereocenters. The van der Waals surface area contributed by atoms with Crippen molar-refractivity contribution in [1.29, 1.82) is 0 Å². The minimum atomic E-state index is 0.946. The van der Waals surface area contributed by atoms with E-state index in [-0.39, 0.29) is 0 Å². The summed E-state index contributed by atoms with van der Waals surface area (Å²) in [5, 5.41) is 0. The molecular weight excluding hydrogens is 184 g/mol. The lowest BCUT2D eigenvalue weighted by Crippen LogP contribution is -1.89. The van der Waals surface area contributed by atoms with Crippen molar-refractivity contribution in [2.45, 2.75) is 34.6 Å². The summed E-state index contributed by atoms with van der Waals surface area (Å²) < 4.78 is 5.28. The van der Waals surface area contributed by atoms with Crippen LogP contribution in [-0.2, 0) is 0 Å². The van der Waals surface area contributed by atoms with Gasteiger partial charge in [0.25, 0.3) is 0 Å². The number of aryl methyl sites for hydroxylation is 1. The highest BCUT2D eigenvalue weighted by Gasteiger charge is 2.01. The monoisotopic (exact) mass is 206 g/mol. The molecular formula is C14H22O. The van der Waals surface area contributed by atoms with E-state index in [0.29, 0.717) is 0 Å². The first kappa shape index (κ1) is 13.8. The first-order valence-corrected chi connectivity index (χ1v) is 5.43. The van der Waals surface area contributed by atoms with Crippen LogP contribution in [0.3, 0.4) is 0 Å². The molecule has 0 heterocycles. The largest absolute Gasteiger partial charge is 0.496 e. The maximum absolute atomic E-state index is 5.28. The van der Waals surface area contributed by atoms with Gasteiger partial charge in [0.15, 0.2) is 0 Å². The van der Waals surface area contributed by atoms with E-state index in [2.05, 4.69) is 32.9 Å². The second-order valence-electron chi connectivity index (χ2n) is 3.41. The first-order chi connectivity index (χ1) is 7.15. The second-order valence-corrected chi connectivity index (χ2v) is 3.41. The molecule has 84 valence electrons. The molecule has 0 bridgehead atoms. The summed E-state index contributed by atoms with van der Waals surface area (Å²) in [6.07, 6.45) is 2.15. The van der Waals surface area contributed by atoms with Crippen molar-refractivity contribution in [3.8, 4) is 5.75 Å². The normalized spacial score (nSPS) is 8.67. The van der Waals surface area contributed by atoms with Gasteiger partial charge in [-0.1, -0.05) is 37.6 Å². The molecule has 0 atom stereocenters. The molecule has 1 heteroatoms. The Morgan fingerprint density at radius 3 is 2.27 bits per heavy atom. The molecule has 0 aromatic heterocycles. The topological polar surface area (TPSA) is 9.23 Å². The van der Waals surface area contributed by atoms with Crippen LogP contribution < -0.4 is 4.74 Å². The Morgan fingerprint density at radius 1 is 1.20 bits per heavy atom. The van der Waals surface area contributed by atoms with Crippen LogP contribution in [0.2, 0.25) is 0 Å². The van der Waals surface area contributed by atoms with E-state index in [0.717, 1.165) is 5.75 Å². The van der Waals surface area contributed by atoms with Gasteiger partial charge in [0, 0.05) is 5.56 Å². The molecule has 0 aliphatic carbocycles. The predicted octanol–water partition coefficient (Wildman–Crippen LogP) is 4.45. The number of hydrogen-bond acceptors (Lipinski definition) is 1. The van der Waals surface area contributed by atoms with Crippen LogP contribution in [-0.4, -0.2) is 7.11 Å². The van der Waals surface area contributed by atoms with Gasteiger partial charge >= 0.3 is 0 Å². The summed E-state index contributed by atoms with van der Waals surface area (Å²) in [4.78, 5) is 0. The van der Waals surface area contributed by atoms with Crippen LogP contribution in [0.15, 0.2) is 23.8 Å². The molecule has 1 rings (SSSR count). The third-order valence-corrected chi connectivity index (χ3v) is 1.94. The standard InChI is InChI=1S/C12H16O.C2H6/c1-9(2)8-11-10(3)6-5-7-12(11)13-4;1-2/h5-8H,1-4H3;1-2H3. The highest BCUT2D eigenvalue weighted by Crippen LogP contribution is 2.24. The van der Waals surface area contributed by atoms with E-state index in [1.807, 2.05) is 26.0 Å². The van der Waals surface area contributed by atoms with Crippen molar-refractivity contribution >= 4 is 6.08 Å². The van der Waals surface area contributed by atoms with Gasteiger partial charge in [-0.25, -0.2) is 0 Å². The van der Waals surface area contributed by atoms with Gasteiger partial charge in [-0.2, -0.15) is 0 Å². The number of methoxy groups -OCH3 is 1. The molecule has 0 amide bonds. The van der Waals surface area contributed by atoms with Crippen molar-refractivity contribution in [3.05, 3.63) is 34.9 Å². The molecule has 0 fully saturated rings. The fourth-order valence-corrected chi connectivity index (χ4v) is 1.31. The number of hydrogen-bond donors (Lipinski definition) is 0. The quantitative estimate of drug-likeness (QED) is 0.694. The summed E-state index contributed by atoms with van der Waals surface area (Å²) in [6, 6.07) is 6.09. The Labute approximate surface area is 93.8 Å². The lowest BCUT2D eigenvalue weighted by molar-refractivity contribution is 0.413. The third-order valence-electron chi connectivity index (χ3n) is 1.94. The Bertz CT molecular complexity index is 320. The van der Waals surface area contributed by atoms with Crippen LogP contribution in [0, 0.1) is 6.92 Å². The average Bonchev–Trinajstić information content (AvgIpc) is 2.23. The molecule has 1 aromatic carbocycles. The predicted molar refractivity (Wildman–Crippen MR) is 68.4 cm³/mol. The lowest BCUT2D eigenvalue weighted by Gasteiger charge is -2.07. The SMILES string of the molecule is CC.COc1cccc(C)c1C=C(C)C. The molecule has 0 N–H and O–H groups in total. The van der Waals surface area contributed by atoms with Crippen LogP contribution >= 0.6 is 0 Å². The fourth-order valence-electron chi connectivity index (χ4n) is 1.31.